The third kappa shape index (κ3) is 4.42. The summed E-state index contributed by atoms with van der Waals surface area (Å²) in [5.41, 5.74) is -2.86. The smallest absolute Gasteiger partial charge is 0.417 e. The van der Waals surface area contributed by atoms with Crippen LogP contribution >= 0.6 is 11.6 Å². The van der Waals surface area contributed by atoms with Crippen molar-refractivity contribution >= 4 is 17.6 Å². The lowest BCUT2D eigenvalue weighted by Gasteiger charge is -2.73. The molecule has 0 heterocycles. The lowest BCUT2D eigenvalue weighted by molar-refractivity contribution is -0.345. The van der Waals surface area contributed by atoms with Gasteiger partial charge in [-0.25, -0.2) is 0 Å². The highest BCUT2D eigenvalue weighted by atomic mass is 35.5. The van der Waals surface area contributed by atoms with E-state index in [-0.39, 0.29) is 58.9 Å². The second-order valence-corrected chi connectivity index (χ2v) is 17.6. The molecule has 250 valence electrons. The summed E-state index contributed by atoms with van der Waals surface area (Å²) in [6.07, 6.45) is 2.36. The molecular formula is C38H52ClF3O3. The van der Waals surface area contributed by atoms with Crippen LogP contribution < -0.4 is 0 Å². The van der Waals surface area contributed by atoms with E-state index in [1.807, 2.05) is 24.3 Å². The minimum atomic E-state index is -4.66. The van der Waals surface area contributed by atoms with Crippen LogP contribution in [0.3, 0.4) is 0 Å². The van der Waals surface area contributed by atoms with Crippen molar-refractivity contribution in [3.63, 3.8) is 0 Å². The minimum Gasteiger partial charge on any atom is -0.460 e. The summed E-state index contributed by atoms with van der Waals surface area (Å²) in [5, 5.41) is 11.8. The maximum absolute atomic E-state index is 14.4. The SMILES string of the molecule is C=C(C)[C@@H]1CC[C@]2(C(=O)OCc3ccc(Cl)cc3)CC[C@]3(C)[C@H](CC[C@@H]4[C@@]5(C)CC[C@@](O)(C(F)(F)F)C(C)(C)[C@@H]5CC[C@]43C)[C@@H]12. The highest BCUT2D eigenvalue weighted by Gasteiger charge is 2.75. The highest BCUT2D eigenvalue weighted by molar-refractivity contribution is 6.30. The first-order valence-corrected chi connectivity index (χ1v) is 17.5. The number of rotatable bonds is 4. The Morgan fingerprint density at radius 3 is 2.20 bits per heavy atom. The Bertz CT molecular complexity index is 1360. The van der Waals surface area contributed by atoms with Crippen LogP contribution in [0.25, 0.3) is 0 Å². The number of esters is 1. The van der Waals surface area contributed by atoms with Gasteiger partial charge in [0.1, 0.15) is 6.61 Å². The molecule has 0 aliphatic heterocycles. The van der Waals surface area contributed by atoms with Crippen LogP contribution in [0.5, 0.6) is 0 Å². The van der Waals surface area contributed by atoms with Crippen LogP contribution in [0.4, 0.5) is 13.2 Å². The summed E-state index contributed by atoms with van der Waals surface area (Å²) in [4.78, 5) is 14.2. The Labute approximate surface area is 272 Å². The largest absolute Gasteiger partial charge is 0.460 e. The fourth-order valence-corrected chi connectivity index (χ4v) is 13.0. The van der Waals surface area contributed by atoms with Gasteiger partial charge in [-0.3, -0.25) is 4.79 Å². The van der Waals surface area contributed by atoms with Crippen molar-refractivity contribution in [2.24, 2.45) is 56.7 Å². The first-order valence-electron chi connectivity index (χ1n) is 17.1. The lowest BCUT2D eigenvalue weighted by Crippen LogP contribution is -2.71. The summed E-state index contributed by atoms with van der Waals surface area (Å²) in [7, 11) is 0. The molecule has 5 fully saturated rings. The number of ether oxygens (including phenoxy) is 1. The number of hydrogen-bond donors (Lipinski definition) is 1. The van der Waals surface area contributed by atoms with Gasteiger partial charge in [0.05, 0.1) is 5.41 Å². The van der Waals surface area contributed by atoms with E-state index in [2.05, 4.69) is 34.3 Å². The van der Waals surface area contributed by atoms with Gasteiger partial charge in [0.15, 0.2) is 5.60 Å². The number of carbonyl (C=O) groups is 1. The average Bonchev–Trinajstić information content (AvgIpc) is 3.36. The van der Waals surface area contributed by atoms with Gasteiger partial charge in [-0.1, -0.05) is 70.5 Å². The molecule has 0 radical (unpaired) electrons. The number of halogens is 4. The zero-order valence-corrected chi connectivity index (χ0v) is 28.7. The molecule has 10 atom stereocenters. The van der Waals surface area contributed by atoms with Gasteiger partial charge in [0.2, 0.25) is 0 Å². The maximum atomic E-state index is 14.4. The molecule has 45 heavy (non-hydrogen) atoms. The van der Waals surface area contributed by atoms with E-state index in [9.17, 15) is 23.1 Å². The summed E-state index contributed by atoms with van der Waals surface area (Å²) < 4.78 is 49.3. The Balaban J connectivity index is 1.32. The van der Waals surface area contributed by atoms with Crippen molar-refractivity contribution < 1.29 is 27.8 Å². The predicted octanol–water partition coefficient (Wildman–Crippen LogP) is 10.3. The van der Waals surface area contributed by atoms with E-state index in [4.69, 9.17) is 16.3 Å². The predicted molar refractivity (Wildman–Crippen MR) is 171 cm³/mol. The fourth-order valence-electron chi connectivity index (χ4n) is 12.8. The van der Waals surface area contributed by atoms with Crippen LogP contribution in [0.1, 0.15) is 111 Å². The van der Waals surface area contributed by atoms with Crippen LogP contribution in [-0.2, 0) is 16.1 Å². The third-order valence-electron chi connectivity index (χ3n) is 15.5. The molecule has 0 bridgehead atoms. The Morgan fingerprint density at radius 1 is 0.911 bits per heavy atom. The molecule has 5 aliphatic rings. The van der Waals surface area contributed by atoms with Gasteiger partial charge in [0, 0.05) is 10.4 Å². The van der Waals surface area contributed by atoms with Gasteiger partial charge in [-0.15, -0.1) is 0 Å². The lowest BCUT2D eigenvalue weighted by atomic mass is 9.31. The van der Waals surface area contributed by atoms with E-state index in [1.54, 1.807) is 13.8 Å². The highest BCUT2D eigenvalue weighted by Crippen LogP contribution is 2.78. The van der Waals surface area contributed by atoms with Gasteiger partial charge in [0.25, 0.3) is 0 Å². The molecule has 1 aromatic carbocycles. The molecule has 0 aromatic heterocycles. The molecule has 5 aliphatic carbocycles. The normalized spacial score (nSPS) is 45.4. The number of hydrogen-bond acceptors (Lipinski definition) is 3. The van der Waals surface area contributed by atoms with Crippen LogP contribution in [0.15, 0.2) is 36.4 Å². The summed E-state index contributed by atoms with van der Waals surface area (Å²) in [5.74, 6) is 0.660. The van der Waals surface area contributed by atoms with Crippen molar-refractivity contribution in [2.45, 2.75) is 124 Å². The van der Waals surface area contributed by atoms with Crippen LogP contribution in [0, 0.1) is 56.7 Å². The van der Waals surface area contributed by atoms with Crippen LogP contribution in [-0.4, -0.2) is 22.9 Å². The maximum Gasteiger partial charge on any atom is 0.417 e. The second-order valence-electron chi connectivity index (χ2n) is 17.1. The van der Waals surface area contributed by atoms with Crippen molar-refractivity contribution in [3.8, 4) is 0 Å². The Morgan fingerprint density at radius 2 is 1.58 bits per heavy atom. The van der Waals surface area contributed by atoms with Crippen molar-refractivity contribution in [1.82, 2.24) is 0 Å². The zero-order chi connectivity index (χ0) is 33.0. The number of benzene rings is 1. The first kappa shape index (κ1) is 33.4. The third-order valence-corrected chi connectivity index (χ3v) is 15.7. The molecule has 1 N–H and O–H groups in total. The number of alkyl halides is 3. The average molecular weight is 649 g/mol. The molecule has 0 saturated heterocycles. The molecular weight excluding hydrogens is 597 g/mol. The van der Waals surface area contributed by atoms with Gasteiger partial charge in [-0.2, -0.15) is 13.2 Å². The zero-order valence-electron chi connectivity index (χ0n) is 28.0. The number of aliphatic hydroxyl groups is 1. The van der Waals surface area contributed by atoms with E-state index in [1.165, 1.54) is 0 Å². The Kier molecular flexibility index (Phi) is 7.77. The first-order chi connectivity index (χ1) is 20.8. The van der Waals surface area contributed by atoms with Crippen molar-refractivity contribution in [1.29, 1.82) is 0 Å². The van der Waals surface area contributed by atoms with Crippen LogP contribution in [0.2, 0.25) is 5.02 Å². The molecule has 0 amide bonds. The second kappa shape index (κ2) is 10.5. The van der Waals surface area contributed by atoms with Crippen molar-refractivity contribution in [2.75, 3.05) is 0 Å². The van der Waals surface area contributed by atoms with E-state index < -0.39 is 22.6 Å². The molecule has 1 aromatic rings. The fraction of sp³-hybridized carbons (Fsp3) is 0.763. The van der Waals surface area contributed by atoms with Crippen molar-refractivity contribution in [3.05, 3.63) is 47.0 Å². The number of carbonyl (C=O) groups excluding carboxylic acids is 1. The minimum absolute atomic E-state index is 0.0610. The Hall–Kier alpha value is -1.53. The molecule has 5 saturated carbocycles. The monoisotopic (exact) mass is 648 g/mol. The molecule has 6 rings (SSSR count). The molecule has 7 heteroatoms. The summed E-state index contributed by atoms with van der Waals surface area (Å²) in [6.45, 7) is 17.2. The number of allylic oxidation sites excluding steroid dienone is 1. The van der Waals surface area contributed by atoms with Gasteiger partial charge in [-0.05, 0) is 135 Å². The summed E-state index contributed by atoms with van der Waals surface area (Å²) in [6, 6.07) is 7.43. The van der Waals surface area contributed by atoms with E-state index in [0.29, 0.717) is 23.8 Å². The standard InChI is InChI=1S/C38H52ClF3O3/c1-23(2)26-14-17-36(31(43)45-22-24-8-10-25(39)11-9-24)20-19-34(6)27(30(26)36)12-13-29-33(5)18-21-37(44,38(40,41)42)32(3,4)28(33)15-16-35(29,34)7/h8-11,26-30,44H,1,12-22H2,2-7H3/t26-,27+,28-,29+,30+,33-,34+,35+,36-,37-/m0/s1. The topological polar surface area (TPSA) is 46.5 Å². The van der Waals surface area contributed by atoms with E-state index in [0.717, 1.165) is 56.1 Å². The van der Waals surface area contributed by atoms with E-state index >= 15 is 0 Å². The quantitative estimate of drug-likeness (QED) is 0.261. The molecule has 3 nitrogen and oxygen atoms in total. The number of fused-ring (bicyclic) bond motifs is 7. The van der Waals surface area contributed by atoms with Gasteiger partial charge >= 0.3 is 12.1 Å². The molecule has 0 spiro atoms. The van der Waals surface area contributed by atoms with Gasteiger partial charge < -0.3 is 9.84 Å². The molecule has 0 unspecified atom stereocenters. The summed E-state index contributed by atoms with van der Waals surface area (Å²) >= 11 is 6.07.